The second-order valence-corrected chi connectivity index (χ2v) is 6.50. The van der Waals surface area contributed by atoms with E-state index in [1.165, 1.54) is 11.3 Å². The molecule has 0 saturated heterocycles. The van der Waals surface area contributed by atoms with Crippen molar-refractivity contribution in [1.29, 1.82) is 0 Å². The molecule has 122 valence electrons. The Morgan fingerprint density at radius 1 is 1.22 bits per heavy atom. The lowest BCUT2D eigenvalue weighted by atomic mass is 10.0. The van der Waals surface area contributed by atoms with E-state index in [0.29, 0.717) is 10.6 Å². The van der Waals surface area contributed by atoms with Crippen molar-refractivity contribution in [2.75, 3.05) is 17.8 Å². The van der Waals surface area contributed by atoms with E-state index in [0.717, 1.165) is 21.6 Å². The number of alkyl halides is 1. The number of thiophene rings is 1. The Kier molecular flexibility index (Phi) is 5.80. The predicted octanol–water partition coefficient (Wildman–Crippen LogP) is 4.39. The zero-order valence-electron chi connectivity index (χ0n) is 13.2. The Balaban J connectivity index is 2.57. The van der Waals surface area contributed by atoms with Crippen LogP contribution in [0.4, 0.5) is 5.00 Å². The maximum atomic E-state index is 12.4. The lowest BCUT2D eigenvalue weighted by Crippen LogP contribution is -2.15. The van der Waals surface area contributed by atoms with Gasteiger partial charge in [-0.05, 0) is 26.3 Å². The van der Waals surface area contributed by atoms with E-state index in [1.807, 2.05) is 38.1 Å². The average molecular weight is 352 g/mol. The third-order valence-corrected chi connectivity index (χ3v) is 4.54. The van der Waals surface area contributed by atoms with Crippen LogP contribution < -0.4 is 5.32 Å². The summed E-state index contributed by atoms with van der Waals surface area (Å²) in [6.07, 6.45) is 0. The molecule has 1 amide bonds. The molecule has 0 aliphatic carbocycles. The third-order valence-electron chi connectivity index (χ3n) is 3.28. The maximum Gasteiger partial charge on any atom is 0.341 e. The quantitative estimate of drug-likeness (QED) is 0.642. The molecule has 1 N–H and O–H groups in total. The van der Waals surface area contributed by atoms with Gasteiger partial charge in [0.05, 0.1) is 6.61 Å². The van der Waals surface area contributed by atoms with Gasteiger partial charge in [-0.25, -0.2) is 4.79 Å². The van der Waals surface area contributed by atoms with E-state index in [1.54, 1.807) is 6.92 Å². The maximum absolute atomic E-state index is 12.4. The van der Waals surface area contributed by atoms with E-state index in [-0.39, 0.29) is 18.4 Å². The number of esters is 1. The van der Waals surface area contributed by atoms with Crippen LogP contribution in [-0.4, -0.2) is 24.4 Å². The summed E-state index contributed by atoms with van der Waals surface area (Å²) in [5.74, 6) is -0.967. The van der Waals surface area contributed by atoms with Crippen LogP contribution in [0.5, 0.6) is 0 Å². The molecule has 0 aliphatic heterocycles. The fourth-order valence-corrected chi connectivity index (χ4v) is 3.41. The molecule has 4 nitrogen and oxygen atoms in total. The SMILES string of the molecule is CCOC(=O)c1c(NC(=O)CCl)sc(C)c1-c1ccc(C)cc1. The van der Waals surface area contributed by atoms with Gasteiger partial charge in [-0.3, -0.25) is 4.79 Å². The number of aryl methyl sites for hydroxylation is 2. The van der Waals surface area contributed by atoms with Crippen molar-refractivity contribution in [2.24, 2.45) is 0 Å². The third kappa shape index (κ3) is 3.92. The molecule has 23 heavy (non-hydrogen) atoms. The summed E-state index contributed by atoms with van der Waals surface area (Å²) in [5, 5.41) is 3.16. The summed E-state index contributed by atoms with van der Waals surface area (Å²) < 4.78 is 5.17. The molecule has 0 atom stereocenters. The molecule has 0 bridgehead atoms. The largest absolute Gasteiger partial charge is 0.462 e. The summed E-state index contributed by atoms with van der Waals surface area (Å²) in [5.41, 5.74) is 3.23. The zero-order valence-corrected chi connectivity index (χ0v) is 14.8. The Morgan fingerprint density at radius 2 is 1.87 bits per heavy atom. The van der Waals surface area contributed by atoms with Crippen LogP contribution in [0.2, 0.25) is 0 Å². The number of ether oxygens (including phenoxy) is 1. The van der Waals surface area contributed by atoms with Gasteiger partial charge in [0.15, 0.2) is 0 Å². The molecule has 1 heterocycles. The number of hydrogen-bond donors (Lipinski definition) is 1. The van der Waals surface area contributed by atoms with Gasteiger partial charge in [-0.1, -0.05) is 29.8 Å². The highest BCUT2D eigenvalue weighted by Gasteiger charge is 2.25. The Bertz CT molecular complexity index is 722. The molecule has 6 heteroatoms. The minimum Gasteiger partial charge on any atom is -0.462 e. The molecular formula is C17H18ClNO3S. The number of carbonyl (C=O) groups excluding carboxylic acids is 2. The first-order chi connectivity index (χ1) is 11.0. The number of rotatable bonds is 5. The molecule has 1 aromatic carbocycles. The van der Waals surface area contributed by atoms with Gasteiger partial charge in [0, 0.05) is 10.4 Å². The summed E-state index contributed by atoms with van der Waals surface area (Å²) in [6, 6.07) is 7.89. The Hall–Kier alpha value is -1.85. The minimum absolute atomic E-state index is 0.168. The fraction of sp³-hybridized carbons (Fsp3) is 0.294. The van der Waals surface area contributed by atoms with Gasteiger partial charge >= 0.3 is 5.97 Å². The number of amides is 1. The highest BCUT2D eigenvalue weighted by molar-refractivity contribution is 7.17. The number of benzene rings is 1. The lowest BCUT2D eigenvalue weighted by molar-refractivity contribution is -0.113. The average Bonchev–Trinajstić information content (AvgIpc) is 2.84. The first kappa shape index (κ1) is 17.5. The number of carbonyl (C=O) groups is 2. The molecule has 0 spiro atoms. The highest BCUT2D eigenvalue weighted by atomic mass is 35.5. The number of nitrogens with one attached hydrogen (secondary N) is 1. The van der Waals surface area contributed by atoms with Crippen LogP contribution in [-0.2, 0) is 9.53 Å². The second kappa shape index (κ2) is 7.62. The topological polar surface area (TPSA) is 55.4 Å². The number of hydrogen-bond acceptors (Lipinski definition) is 4. The fourth-order valence-electron chi connectivity index (χ4n) is 2.26. The van der Waals surface area contributed by atoms with Gasteiger partial charge in [-0.2, -0.15) is 0 Å². The van der Waals surface area contributed by atoms with Crippen molar-refractivity contribution in [1.82, 2.24) is 0 Å². The normalized spacial score (nSPS) is 10.4. The molecular weight excluding hydrogens is 334 g/mol. The van der Waals surface area contributed by atoms with Crippen molar-refractivity contribution in [3.63, 3.8) is 0 Å². The van der Waals surface area contributed by atoms with Crippen LogP contribution >= 0.6 is 22.9 Å². The highest BCUT2D eigenvalue weighted by Crippen LogP contribution is 2.40. The summed E-state index contributed by atoms with van der Waals surface area (Å²) >= 11 is 6.90. The van der Waals surface area contributed by atoms with E-state index < -0.39 is 5.97 Å². The van der Waals surface area contributed by atoms with Crippen molar-refractivity contribution in [3.8, 4) is 11.1 Å². The van der Waals surface area contributed by atoms with Gasteiger partial charge in [0.2, 0.25) is 5.91 Å². The van der Waals surface area contributed by atoms with Gasteiger partial charge in [-0.15, -0.1) is 22.9 Å². The first-order valence-electron chi connectivity index (χ1n) is 7.21. The van der Waals surface area contributed by atoms with Crippen LogP contribution in [0.1, 0.15) is 27.7 Å². The predicted molar refractivity (Wildman–Crippen MR) is 94.5 cm³/mol. The molecule has 0 aliphatic rings. The minimum atomic E-state index is -0.447. The monoisotopic (exact) mass is 351 g/mol. The van der Waals surface area contributed by atoms with Gasteiger partial charge in [0.1, 0.15) is 16.4 Å². The summed E-state index contributed by atoms with van der Waals surface area (Å²) in [4.78, 5) is 25.0. The zero-order chi connectivity index (χ0) is 17.0. The van der Waals surface area contributed by atoms with Crippen molar-refractivity contribution in [2.45, 2.75) is 20.8 Å². The smallest absolute Gasteiger partial charge is 0.341 e. The molecule has 2 aromatic rings. The van der Waals surface area contributed by atoms with Crippen LogP contribution in [0.3, 0.4) is 0 Å². The standard InChI is InChI=1S/C17H18ClNO3S/c1-4-22-17(21)15-14(12-7-5-10(2)6-8-12)11(3)23-16(15)19-13(20)9-18/h5-8H,4,9H2,1-3H3,(H,19,20). The molecule has 0 saturated carbocycles. The number of halogens is 1. The molecule has 0 fully saturated rings. The van der Waals surface area contributed by atoms with Crippen molar-refractivity contribution < 1.29 is 14.3 Å². The Morgan fingerprint density at radius 3 is 2.43 bits per heavy atom. The van der Waals surface area contributed by atoms with Crippen LogP contribution in [0.15, 0.2) is 24.3 Å². The molecule has 0 unspecified atom stereocenters. The van der Waals surface area contributed by atoms with E-state index >= 15 is 0 Å². The van der Waals surface area contributed by atoms with Crippen LogP contribution in [0, 0.1) is 13.8 Å². The summed E-state index contributed by atoms with van der Waals surface area (Å²) in [6.45, 7) is 5.94. The molecule has 1 aromatic heterocycles. The van der Waals surface area contributed by atoms with E-state index in [9.17, 15) is 9.59 Å². The second-order valence-electron chi connectivity index (χ2n) is 5.01. The lowest BCUT2D eigenvalue weighted by Gasteiger charge is -2.09. The van der Waals surface area contributed by atoms with Crippen molar-refractivity contribution >= 4 is 39.8 Å². The van der Waals surface area contributed by atoms with Gasteiger partial charge in [0.25, 0.3) is 0 Å². The van der Waals surface area contributed by atoms with Crippen molar-refractivity contribution in [3.05, 3.63) is 40.3 Å². The van der Waals surface area contributed by atoms with Gasteiger partial charge < -0.3 is 10.1 Å². The summed E-state index contributed by atoms with van der Waals surface area (Å²) in [7, 11) is 0. The molecule has 2 rings (SSSR count). The van der Waals surface area contributed by atoms with E-state index in [2.05, 4.69) is 5.32 Å². The van der Waals surface area contributed by atoms with Crippen LogP contribution in [0.25, 0.3) is 11.1 Å². The van der Waals surface area contributed by atoms with E-state index in [4.69, 9.17) is 16.3 Å². The Labute approximate surface area is 144 Å². The molecule has 0 radical (unpaired) electrons. The first-order valence-corrected chi connectivity index (χ1v) is 8.56. The number of anilines is 1.